The molecule has 68 valence electrons. The normalized spacial score (nSPS) is 13.1. The van der Waals surface area contributed by atoms with Crippen LogP contribution in [0.1, 0.15) is 27.7 Å². The van der Waals surface area contributed by atoms with E-state index in [-0.39, 0.29) is 4.46 Å². The third-order valence-corrected chi connectivity index (χ3v) is 11.3. The molecule has 0 aliphatic carbocycles. The molecule has 0 heterocycles. The van der Waals surface area contributed by atoms with Crippen LogP contribution in [0.25, 0.3) is 0 Å². The van der Waals surface area contributed by atoms with Crippen LogP contribution >= 0.6 is 23.2 Å². The summed E-state index contributed by atoms with van der Waals surface area (Å²) in [6.45, 7) is 8.93. The Morgan fingerprint density at radius 3 is 1.45 bits per heavy atom. The molecular weight excluding hydrogens is 195 g/mol. The third-order valence-electron chi connectivity index (χ3n) is 2.90. The van der Waals surface area contributed by atoms with E-state index in [1.165, 1.54) is 12.1 Å². The highest BCUT2D eigenvalue weighted by Crippen LogP contribution is 2.36. The van der Waals surface area contributed by atoms with E-state index in [0.29, 0.717) is 5.54 Å². The molecule has 0 radical (unpaired) electrons. The first-order valence-corrected chi connectivity index (χ1v) is 7.73. The van der Waals surface area contributed by atoms with Gasteiger partial charge < -0.3 is 0 Å². The zero-order chi connectivity index (χ0) is 9.07. The number of rotatable bonds is 4. The van der Waals surface area contributed by atoms with E-state index in [2.05, 4.69) is 27.7 Å². The van der Waals surface area contributed by atoms with Crippen molar-refractivity contribution in [2.24, 2.45) is 0 Å². The van der Waals surface area contributed by atoms with Gasteiger partial charge in [-0.05, 0) is 5.54 Å². The van der Waals surface area contributed by atoms with Gasteiger partial charge in [-0.2, -0.15) is 0 Å². The van der Waals surface area contributed by atoms with Crippen molar-refractivity contribution >= 4 is 31.3 Å². The first kappa shape index (κ1) is 11.8. The van der Waals surface area contributed by atoms with E-state index in [1.807, 2.05) is 0 Å². The van der Waals surface area contributed by atoms with Crippen molar-refractivity contribution in [2.45, 2.75) is 49.8 Å². The van der Waals surface area contributed by atoms with Gasteiger partial charge in [-0.25, -0.2) is 0 Å². The molecule has 0 aromatic heterocycles. The van der Waals surface area contributed by atoms with Gasteiger partial charge in [-0.1, -0.05) is 39.8 Å². The molecule has 3 heteroatoms. The van der Waals surface area contributed by atoms with Gasteiger partial charge in [0.25, 0.3) is 0 Å². The summed E-state index contributed by atoms with van der Waals surface area (Å²) in [7, 11) is -1.37. The molecule has 0 aliphatic rings. The predicted molar refractivity (Wildman–Crippen MR) is 57.3 cm³/mol. The standard InChI is InChI=1S/C8H18Cl2Si/c1-5-11(6-2,7(3)4)8(9)10/h7-8H,5-6H2,1-4H3. The molecule has 0 saturated heterocycles. The van der Waals surface area contributed by atoms with E-state index in [4.69, 9.17) is 23.2 Å². The zero-order valence-corrected chi connectivity index (χ0v) is 10.3. The highest BCUT2D eigenvalue weighted by molar-refractivity contribution is 6.94. The second-order valence-electron chi connectivity index (χ2n) is 3.40. The predicted octanol–water partition coefficient (Wildman–Crippen LogP) is 4.23. The molecule has 0 rings (SSSR count). The fourth-order valence-corrected chi connectivity index (χ4v) is 8.24. The summed E-state index contributed by atoms with van der Waals surface area (Å²) < 4.78 is -0.0995. The van der Waals surface area contributed by atoms with Gasteiger partial charge in [0.1, 0.15) is 0 Å². The summed E-state index contributed by atoms with van der Waals surface area (Å²) in [4.78, 5) is 0. The summed E-state index contributed by atoms with van der Waals surface area (Å²) in [6, 6.07) is 2.39. The summed E-state index contributed by atoms with van der Waals surface area (Å²) in [5.74, 6) is 0. The maximum absolute atomic E-state index is 6.02. The number of hydrogen-bond acceptors (Lipinski definition) is 0. The maximum Gasteiger partial charge on any atom is 0.0979 e. The minimum absolute atomic E-state index is 0.0995. The number of alkyl halides is 2. The third kappa shape index (κ3) is 2.36. The molecule has 0 aromatic rings. The van der Waals surface area contributed by atoms with Crippen LogP contribution in [0.15, 0.2) is 0 Å². The van der Waals surface area contributed by atoms with Crippen molar-refractivity contribution in [2.75, 3.05) is 0 Å². The lowest BCUT2D eigenvalue weighted by Crippen LogP contribution is -2.43. The highest BCUT2D eigenvalue weighted by atomic mass is 35.5. The van der Waals surface area contributed by atoms with Gasteiger partial charge in [-0.15, -0.1) is 23.2 Å². The van der Waals surface area contributed by atoms with Crippen molar-refractivity contribution in [1.82, 2.24) is 0 Å². The minimum atomic E-state index is -1.37. The van der Waals surface area contributed by atoms with Crippen molar-refractivity contribution in [1.29, 1.82) is 0 Å². The van der Waals surface area contributed by atoms with Crippen LogP contribution in [-0.2, 0) is 0 Å². The first-order chi connectivity index (χ1) is 5.01. The Kier molecular flexibility index (Phi) is 5.08. The first-order valence-electron chi connectivity index (χ1n) is 4.29. The fourth-order valence-electron chi connectivity index (χ4n) is 1.63. The SMILES string of the molecule is CC[Si](CC)(C(C)C)C(Cl)Cl. The largest absolute Gasteiger partial charge is 0.109 e. The zero-order valence-electron chi connectivity index (χ0n) is 7.82. The number of hydrogen-bond donors (Lipinski definition) is 0. The maximum atomic E-state index is 6.02. The van der Waals surface area contributed by atoms with E-state index in [9.17, 15) is 0 Å². The lowest BCUT2D eigenvalue weighted by Gasteiger charge is -2.34. The smallest absolute Gasteiger partial charge is 0.0979 e. The molecule has 0 aromatic carbocycles. The van der Waals surface area contributed by atoms with Crippen LogP contribution in [-0.4, -0.2) is 12.5 Å². The second-order valence-corrected chi connectivity index (χ2v) is 10.8. The molecule has 0 aliphatic heterocycles. The van der Waals surface area contributed by atoms with Gasteiger partial charge in [0.05, 0.1) is 12.5 Å². The summed E-state index contributed by atoms with van der Waals surface area (Å²) >= 11 is 12.0. The Morgan fingerprint density at radius 2 is 1.45 bits per heavy atom. The van der Waals surface area contributed by atoms with Gasteiger partial charge >= 0.3 is 0 Å². The average Bonchev–Trinajstić information content (AvgIpc) is 1.90. The van der Waals surface area contributed by atoms with Gasteiger partial charge in [0.2, 0.25) is 0 Å². The van der Waals surface area contributed by atoms with Gasteiger partial charge in [-0.3, -0.25) is 0 Å². The lowest BCUT2D eigenvalue weighted by molar-refractivity contribution is 0.955. The average molecular weight is 213 g/mol. The Hall–Kier alpha value is 0.797. The van der Waals surface area contributed by atoms with Gasteiger partial charge in [0.15, 0.2) is 0 Å². The van der Waals surface area contributed by atoms with E-state index in [1.54, 1.807) is 0 Å². The van der Waals surface area contributed by atoms with Crippen LogP contribution in [0.2, 0.25) is 17.6 Å². The molecule has 0 atom stereocenters. The molecule has 0 N–H and O–H groups in total. The van der Waals surface area contributed by atoms with Crippen molar-refractivity contribution in [3.63, 3.8) is 0 Å². The quantitative estimate of drug-likeness (QED) is 0.484. The van der Waals surface area contributed by atoms with E-state index >= 15 is 0 Å². The van der Waals surface area contributed by atoms with E-state index in [0.717, 1.165) is 0 Å². The molecule has 0 saturated carbocycles. The minimum Gasteiger partial charge on any atom is -0.109 e. The Bertz CT molecular complexity index is 98.7. The topological polar surface area (TPSA) is 0 Å². The molecule has 0 unspecified atom stereocenters. The van der Waals surface area contributed by atoms with E-state index < -0.39 is 8.07 Å². The summed E-state index contributed by atoms with van der Waals surface area (Å²) in [5, 5.41) is 0. The Morgan fingerprint density at radius 1 is 1.09 bits per heavy atom. The van der Waals surface area contributed by atoms with Crippen LogP contribution in [0.3, 0.4) is 0 Å². The Labute approximate surface area is 81.3 Å². The lowest BCUT2D eigenvalue weighted by atomic mass is 10.6. The van der Waals surface area contributed by atoms with Crippen LogP contribution in [0.5, 0.6) is 0 Å². The summed E-state index contributed by atoms with van der Waals surface area (Å²) in [6.07, 6.45) is 0. The van der Waals surface area contributed by atoms with Crippen molar-refractivity contribution in [3.05, 3.63) is 0 Å². The molecule has 11 heavy (non-hydrogen) atoms. The monoisotopic (exact) mass is 212 g/mol. The molecule has 0 bridgehead atoms. The van der Waals surface area contributed by atoms with Crippen LogP contribution in [0, 0.1) is 0 Å². The van der Waals surface area contributed by atoms with Crippen molar-refractivity contribution in [3.8, 4) is 0 Å². The molecular formula is C8H18Cl2Si. The van der Waals surface area contributed by atoms with Crippen LogP contribution < -0.4 is 0 Å². The second kappa shape index (κ2) is 4.73. The summed E-state index contributed by atoms with van der Waals surface area (Å²) in [5.41, 5.74) is 0.692. The molecule has 0 amide bonds. The van der Waals surface area contributed by atoms with Gasteiger partial charge in [0, 0.05) is 0 Å². The Balaban J connectivity index is 4.46. The van der Waals surface area contributed by atoms with Crippen LogP contribution in [0.4, 0.5) is 0 Å². The molecule has 0 fully saturated rings. The molecule has 0 nitrogen and oxygen atoms in total. The fraction of sp³-hybridized carbons (Fsp3) is 1.00. The highest BCUT2D eigenvalue weighted by Gasteiger charge is 2.38. The van der Waals surface area contributed by atoms with Crippen molar-refractivity contribution < 1.29 is 0 Å². The number of halogens is 2. The molecule has 0 spiro atoms.